The molecule has 0 aliphatic rings. The topological polar surface area (TPSA) is 81.2 Å². The lowest BCUT2D eigenvalue weighted by atomic mass is 10.1. The summed E-state index contributed by atoms with van der Waals surface area (Å²) in [5.41, 5.74) is 2.00. The van der Waals surface area contributed by atoms with E-state index in [9.17, 15) is 18.7 Å². The van der Waals surface area contributed by atoms with Crippen LogP contribution in [0.25, 0.3) is 11.0 Å². The summed E-state index contributed by atoms with van der Waals surface area (Å²) in [6.45, 7) is 5.20. The van der Waals surface area contributed by atoms with Crippen molar-refractivity contribution < 1.29 is 18.7 Å². The Morgan fingerprint density at radius 1 is 1.15 bits per heavy atom. The van der Waals surface area contributed by atoms with Gasteiger partial charge in [-0.15, -0.1) is 0 Å². The Kier molecular flexibility index (Phi) is 4.75. The van der Waals surface area contributed by atoms with Crippen molar-refractivity contribution in [2.75, 3.05) is 23.3 Å². The minimum Gasteiger partial charge on any atom is -0.478 e. The number of imidazole rings is 1. The molecule has 1 heterocycles. The van der Waals surface area contributed by atoms with Gasteiger partial charge in [-0.2, -0.15) is 0 Å². The minimum atomic E-state index is -1.04. The van der Waals surface area contributed by atoms with Crippen LogP contribution in [0.5, 0.6) is 0 Å². The molecule has 6 nitrogen and oxygen atoms in total. The van der Waals surface area contributed by atoms with Gasteiger partial charge in [0.1, 0.15) is 11.6 Å². The Morgan fingerprint density at radius 2 is 1.81 bits per heavy atom. The van der Waals surface area contributed by atoms with Crippen molar-refractivity contribution in [3.63, 3.8) is 0 Å². The number of carboxylic acid groups (broad SMARTS) is 1. The number of benzene rings is 2. The fraction of sp³-hybridized carbons (Fsp3) is 0.222. The van der Waals surface area contributed by atoms with Gasteiger partial charge in [0.25, 0.3) is 0 Å². The molecular weight excluding hydrogens is 342 g/mol. The number of carboxylic acids is 1. The van der Waals surface area contributed by atoms with Gasteiger partial charge in [-0.1, -0.05) is 0 Å². The molecule has 0 spiro atoms. The highest BCUT2D eigenvalue weighted by atomic mass is 19.1. The largest absolute Gasteiger partial charge is 0.478 e. The molecule has 0 unspecified atom stereocenters. The van der Waals surface area contributed by atoms with Gasteiger partial charge in [-0.05, 0) is 38.1 Å². The number of hydrogen-bond donors (Lipinski definition) is 3. The number of halogens is 2. The van der Waals surface area contributed by atoms with Crippen molar-refractivity contribution in [2.24, 2.45) is 0 Å². The molecule has 0 aliphatic heterocycles. The Hall–Kier alpha value is -3.16. The molecule has 26 heavy (non-hydrogen) atoms. The van der Waals surface area contributed by atoms with Gasteiger partial charge in [-0.25, -0.2) is 18.6 Å². The zero-order valence-electron chi connectivity index (χ0n) is 14.3. The normalized spacial score (nSPS) is 10.9. The summed E-state index contributed by atoms with van der Waals surface area (Å²) in [5.74, 6) is -2.20. The van der Waals surface area contributed by atoms with Gasteiger partial charge in [-0.3, -0.25) is 0 Å². The van der Waals surface area contributed by atoms with E-state index in [-0.39, 0.29) is 17.2 Å². The zero-order valence-corrected chi connectivity index (χ0v) is 14.3. The molecular formula is C18H18F2N4O2. The summed E-state index contributed by atoms with van der Waals surface area (Å²) < 4.78 is 26.6. The molecule has 1 aromatic heterocycles. The summed E-state index contributed by atoms with van der Waals surface area (Å²) in [5, 5.41) is 12.3. The van der Waals surface area contributed by atoms with Gasteiger partial charge in [0.05, 0.1) is 22.3 Å². The van der Waals surface area contributed by atoms with Gasteiger partial charge in [0.2, 0.25) is 5.95 Å². The minimum absolute atomic E-state index is 0.149. The number of aromatic amines is 1. The van der Waals surface area contributed by atoms with Crippen LogP contribution in [0, 0.1) is 11.6 Å². The lowest BCUT2D eigenvalue weighted by Crippen LogP contribution is -2.24. The molecule has 0 saturated carbocycles. The predicted octanol–water partition coefficient (Wildman–Crippen LogP) is 4.13. The van der Waals surface area contributed by atoms with Crippen LogP contribution in [0.15, 0.2) is 30.3 Å². The predicted molar refractivity (Wildman–Crippen MR) is 96.3 cm³/mol. The summed E-state index contributed by atoms with van der Waals surface area (Å²) in [6.07, 6.45) is 0. The van der Waals surface area contributed by atoms with Gasteiger partial charge < -0.3 is 20.3 Å². The number of nitrogens with zero attached hydrogens (tertiary/aromatic N) is 2. The van der Waals surface area contributed by atoms with Crippen LogP contribution in [0.4, 0.5) is 26.1 Å². The van der Waals surface area contributed by atoms with E-state index in [1.54, 1.807) is 6.07 Å². The number of aromatic nitrogens is 2. The lowest BCUT2D eigenvalue weighted by Gasteiger charge is -2.22. The first kappa shape index (κ1) is 17.7. The van der Waals surface area contributed by atoms with Crippen molar-refractivity contribution in [1.82, 2.24) is 9.97 Å². The molecule has 0 saturated heterocycles. The monoisotopic (exact) mass is 360 g/mol. The number of nitrogens with one attached hydrogen (secondary N) is 2. The number of aromatic carboxylic acids is 1. The summed E-state index contributed by atoms with van der Waals surface area (Å²) in [7, 11) is 0. The number of rotatable bonds is 6. The molecule has 0 atom stereocenters. The molecule has 0 aliphatic carbocycles. The Balaban J connectivity index is 2.03. The van der Waals surface area contributed by atoms with Crippen LogP contribution in [-0.2, 0) is 0 Å². The first-order valence-corrected chi connectivity index (χ1v) is 8.16. The molecule has 0 bridgehead atoms. The molecule has 0 amide bonds. The fourth-order valence-electron chi connectivity index (χ4n) is 2.86. The number of anilines is 3. The first-order chi connectivity index (χ1) is 12.4. The summed E-state index contributed by atoms with van der Waals surface area (Å²) >= 11 is 0. The fourth-order valence-corrected chi connectivity index (χ4v) is 2.86. The van der Waals surface area contributed by atoms with Crippen LogP contribution < -0.4 is 10.2 Å². The maximum absolute atomic E-state index is 13.3. The van der Waals surface area contributed by atoms with E-state index >= 15 is 0 Å². The standard InChI is InChI=1S/C18H18F2N4O2/c1-3-24(4-2)16-9-15-14(8-13(16)17(25)26)22-18(23-15)21-12-6-10(19)5-11(20)7-12/h5-9H,3-4H2,1-2H3,(H,25,26)(H2,21,22,23). The van der Waals surface area contributed by atoms with E-state index < -0.39 is 17.6 Å². The second-order valence-electron chi connectivity index (χ2n) is 5.73. The van der Waals surface area contributed by atoms with Gasteiger partial charge in [0, 0.05) is 24.8 Å². The van der Waals surface area contributed by atoms with Crippen molar-refractivity contribution in [1.29, 1.82) is 0 Å². The van der Waals surface area contributed by atoms with Crippen LogP contribution >= 0.6 is 0 Å². The van der Waals surface area contributed by atoms with Gasteiger partial charge in [0.15, 0.2) is 0 Å². The van der Waals surface area contributed by atoms with Gasteiger partial charge >= 0.3 is 5.97 Å². The number of H-pyrrole nitrogens is 1. The van der Waals surface area contributed by atoms with E-state index in [1.807, 2.05) is 18.7 Å². The molecule has 2 aromatic carbocycles. The lowest BCUT2D eigenvalue weighted by molar-refractivity contribution is 0.0697. The summed E-state index contributed by atoms with van der Waals surface area (Å²) in [4.78, 5) is 20.8. The highest BCUT2D eigenvalue weighted by Gasteiger charge is 2.17. The highest BCUT2D eigenvalue weighted by Crippen LogP contribution is 2.28. The van der Waals surface area contributed by atoms with Crippen LogP contribution in [-0.4, -0.2) is 34.1 Å². The molecule has 136 valence electrons. The van der Waals surface area contributed by atoms with Crippen LogP contribution in [0.1, 0.15) is 24.2 Å². The first-order valence-electron chi connectivity index (χ1n) is 8.16. The molecule has 3 N–H and O–H groups in total. The third-order valence-corrected chi connectivity index (χ3v) is 4.06. The number of carbonyl (C=O) groups is 1. The van der Waals surface area contributed by atoms with Crippen molar-refractivity contribution in [3.05, 3.63) is 47.5 Å². The molecule has 8 heteroatoms. The average molecular weight is 360 g/mol. The van der Waals surface area contributed by atoms with Crippen molar-refractivity contribution in [3.8, 4) is 0 Å². The Bertz CT molecular complexity index is 947. The highest BCUT2D eigenvalue weighted by molar-refractivity contribution is 6.00. The van der Waals surface area contributed by atoms with Crippen molar-refractivity contribution >= 4 is 34.3 Å². The maximum Gasteiger partial charge on any atom is 0.337 e. The number of fused-ring (bicyclic) bond motifs is 1. The van der Waals surface area contributed by atoms with Crippen molar-refractivity contribution in [2.45, 2.75) is 13.8 Å². The quantitative estimate of drug-likeness (QED) is 0.616. The van der Waals surface area contributed by atoms with Crippen LogP contribution in [0.3, 0.4) is 0 Å². The maximum atomic E-state index is 13.3. The average Bonchev–Trinajstić information content (AvgIpc) is 2.95. The second kappa shape index (κ2) is 6.99. The molecule has 0 radical (unpaired) electrons. The Labute approximate surface area is 148 Å². The van der Waals surface area contributed by atoms with E-state index in [4.69, 9.17) is 0 Å². The second-order valence-corrected chi connectivity index (χ2v) is 5.73. The van der Waals surface area contributed by atoms with E-state index in [1.165, 1.54) is 6.07 Å². The van der Waals surface area contributed by atoms with E-state index in [2.05, 4.69) is 15.3 Å². The SMILES string of the molecule is CCN(CC)c1cc2[nH]c(Nc3cc(F)cc(F)c3)nc2cc1C(=O)O. The number of hydrogen-bond acceptors (Lipinski definition) is 4. The third kappa shape index (κ3) is 3.44. The molecule has 3 aromatic rings. The summed E-state index contributed by atoms with van der Waals surface area (Å²) in [6, 6.07) is 6.26. The zero-order chi connectivity index (χ0) is 18.8. The third-order valence-electron chi connectivity index (χ3n) is 4.06. The van der Waals surface area contributed by atoms with E-state index in [0.29, 0.717) is 29.8 Å². The van der Waals surface area contributed by atoms with E-state index in [0.717, 1.165) is 18.2 Å². The molecule has 3 rings (SSSR count). The Morgan fingerprint density at radius 3 is 2.38 bits per heavy atom. The smallest absolute Gasteiger partial charge is 0.337 e. The van der Waals surface area contributed by atoms with Crippen LogP contribution in [0.2, 0.25) is 0 Å². The molecule has 0 fully saturated rings.